The van der Waals surface area contributed by atoms with Gasteiger partial charge in [0, 0.05) is 30.4 Å². The van der Waals surface area contributed by atoms with E-state index >= 15 is 0 Å². The van der Waals surface area contributed by atoms with Gasteiger partial charge in [0.15, 0.2) is 5.58 Å². The predicted molar refractivity (Wildman–Crippen MR) is 110 cm³/mol. The SMILES string of the molecule is O=C1NC(=O)/C(=C/c2cc3cncc(C(=O)NCCCc4ccccc4)c3o2)S1. The number of carbonyl (C=O) groups is 3. The van der Waals surface area contributed by atoms with E-state index in [0.717, 1.165) is 24.6 Å². The van der Waals surface area contributed by atoms with E-state index in [1.165, 1.54) is 17.8 Å². The molecular formula is C21H17N3O4S. The lowest BCUT2D eigenvalue weighted by molar-refractivity contribution is -0.115. The minimum atomic E-state index is -0.463. The van der Waals surface area contributed by atoms with Crippen molar-refractivity contribution in [2.24, 2.45) is 0 Å². The standard InChI is InChI=1S/C21H17N3O4S/c25-19(23-8-4-7-13-5-2-1-3-6-13)16-12-22-11-14-9-15(28-18(14)16)10-17-20(26)24-21(27)29-17/h1-3,5-6,9-12H,4,7-8H2,(H,23,25)(H,24,26,27)/b17-10-. The highest BCUT2D eigenvalue weighted by Gasteiger charge is 2.25. The molecule has 1 saturated heterocycles. The Labute approximate surface area is 170 Å². The summed E-state index contributed by atoms with van der Waals surface area (Å²) in [5.74, 6) is -0.360. The van der Waals surface area contributed by atoms with Gasteiger partial charge in [0.25, 0.3) is 17.1 Å². The molecule has 3 aromatic rings. The first-order chi connectivity index (χ1) is 14.1. The van der Waals surface area contributed by atoms with E-state index in [1.807, 2.05) is 18.2 Å². The van der Waals surface area contributed by atoms with Crippen molar-refractivity contribution in [3.05, 3.63) is 70.6 Å². The van der Waals surface area contributed by atoms with Gasteiger partial charge >= 0.3 is 0 Å². The van der Waals surface area contributed by atoms with Gasteiger partial charge in [-0.15, -0.1) is 0 Å². The minimum Gasteiger partial charge on any atom is -0.456 e. The normalized spacial score (nSPS) is 15.1. The van der Waals surface area contributed by atoms with Crippen molar-refractivity contribution < 1.29 is 18.8 Å². The Hall–Kier alpha value is -3.39. The Morgan fingerprint density at radius 3 is 2.79 bits per heavy atom. The van der Waals surface area contributed by atoms with E-state index < -0.39 is 11.1 Å². The van der Waals surface area contributed by atoms with Crippen LogP contribution in [-0.2, 0) is 11.2 Å². The average Bonchev–Trinajstić information content (AvgIpc) is 3.27. The zero-order chi connectivity index (χ0) is 20.2. The number of aromatic nitrogens is 1. The molecule has 0 spiro atoms. The van der Waals surface area contributed by atoms with E-state index in [2.05, 4.69) is 27.8 Å². The Kier molecular flexibility index (Phi) is 5.44. The Balaban J connectivity index is 1.45. The number of carbonyl (C=O) groups excluding carboxylic acids is 3. The molecule has 1 fully saturated rings. The first-order valence-electron chi connectivity index (χ1n) is 9.05. The van der Waals surface area contributed by atoms with E-state index in [1.54, 1.807) is 12.3 Å². The van der Waals surface area contributed by atoms with Crippen LogP contribution in [0.5, 0.6) is 0 Å². The van der Waals surface area contributed by atoms with Gasteiger partial charge in [0.1, 0.15) is 11.3 Å². The molecule has 0 atom stereocenters. The summed E-state index contributed by atoms with van der Waals surface area (Å²) in [5.41, 5.74) is 1.94. The second-order valence-electron chi connectivity index (χ2n) is 6.45. The van der Waals surface area contributed by atoms with Crippen LogP contribution in [0.15, 0.2) is 58.1 Å². The van der Waals surface area contributed by atoms with Crippen LogP contribution in [-0.4, -0.2) is 28.6 Å². The first kappa shape index (κ1) is 18.9. The third-order valence-electron chi connectivity index (χ3n) is 4.37. The van der Waals surface area contributed by atoms with Crippen molar-refractivity contribution in [2.75, 3.05) is 6.54 Å². The van der Waals surface area contributed by atoms with Crippen molar-refractivity contribution in [2.45, 2.75) is 12.8 Å². The number of fused-ring (bicyclic) bond motifs is 1. The number of aryl methyl sites for hydroxylation is 1. The number of benzene rings is 1. The molecule has 2 aromatic heterocycles. The fourth-order valence-corrected chi connectivity index (χ4v) is 3.66. The molecule has 7 nitrogen and oxygen atoms in total. The molecule has 3 heterocycles. The zero-order valence-electron chi connectivity index (χ0n) is 15.3. The van der Waals surface area contributed by atoms with Crippen LogP contribution < -0.4 is 10.6 Å². The fourth-order valence-electron chi connectivity index (χ4n) is 3.00. The van der Waals surface area contributed by atoms with Crippen molar-refractivity contribution in [3.63, 3.8) is 0 Å². The quantitative estimate of drug-likeness (QED) is 0.479. The number of rotatable bonds is 6. The smallest absolute Gasteiger partial charge is 0.290 e. The van der Waals surface area contributed by atoms with Gasteiger partial charge in [0.2, 0.25) is 0 Å². The maximum atomic E-state index is 12.6. The van der Waals surface area contributed by atoms with E-state index in [0.29, 0.717) is 28.8 Å². The summed E-state index contributed by atoms with van der Waals surface area (Å²) in [6.07, 6.45) is 6.21. The summed E-state index contributed by atoms with van der Waals surface area (Å²) >= 11 is 0.807. The second kappa shape index (κ2) is 8.32. The van der Waals surface area contributed by atoms with Crippen LogP contribution in [0.1, 0.15) is 28.1 Å². The summed E-state index contributed by atoms with van der Waals surface area (Å²) in [5, 5.41) is 5.30. The van der Waals surface area contributed by atoms with E-state index in [-0.39, 0.29) is 10.8 Å². The molecule has 8 heteroatoms. The number of furan rings is 1. The lowest BCUT2D eigenvalue weighted by Crippen LogP contribution is -2.25. The summed E-state index contributed by atoms with van der Waals surface area (Å²) in [6.45, 7) is 0.528. The second-order valence-corrected chi connectivity index (χ2v) is 7.47. The third-order valence-corrected chi connectivity index (χ3v) is 5.18. The Bertz CT molecular complexity index is 1120. The van der Waals surface area contributed by atoms with Gasteiger partial charge < -0.3 is 9.73 Å². The van der Waals surface area contributed by atoms with Crippen LogP contribution in [0.2, 0.25) is 0 Å². The maximum absolute atomic E-state index is 12.6. The molecule has 0 saturated carbocycles. The molecule has 0 bridgehead atoms. The van der Waals surface area contributed by atoms with Gasteiger partial charge in [-0.2, -0.15) is 0 Å². The Morgan fingerprint density at radius 2 is 2.03 bits per heavy atom. The zero-order valence-corrected chi connectivity index (χ0v) is 16.1. The van der Waals surface area contributed by atoms with E-state index in [4.69, 9.17) is 4.42 Å². The molecule has 3 amide bonds. The topological polar surface area (TPSA) is 101 Å². The predicted octanol–water partition coefficient (Wildman–Crippen LogP) is 3.51. The summed E-state index contributed by atoms with van der Waals surface area (Å²) in [4.78, 5) is 39.9. The molecule has 0 aliphatic carbocycles. The number of nitrogens with one attached hydrogen (secondary N) is 2. The van der Waals surface area contributed by atoms with Gasteiger partial charge in [0.05, 0.1) is 4.91 Å². The van der Waals surface area contributed by atoms with Gasteiger partial charge in [-0.3, -0.25) is 24.7 Å². The molecule has 146 valence electrons. The molecule has 1 aliphatic heterocycles. The number of thioether (sulfide) groups is 1. The lowest BCUT2D eigenvalue weighted by Gasteiger charge is -2.05. The van der Waals surface area contributed by atoms with Crippen molar-refractivity contribution in [1.29, 1.82) is 0 Å². The minimum absolute atomic E-state index is 0.244. The number of imide groups is 1. The number of amides is 3. The van der Waals surface area contributed by atoms with Gasteiger partial charge in [-0.1, -0.05) is 30.3 Å². The van der Waals surface area contributed by atoms with Crippen molar-refractivity contribution in [3.8, 4) is 0 Å². The molecule has 1 aliphatic rings. The molecule has 2 N–H and O–H groups in total. The van der Waals surface area contributed by atoms with E-state index in [9.17, 15) is 14.4 Å². The molecule has 0 radical (unpaired) electrons. The highest BCUT2D eigenvalue weighted by molar-refractivity contribution is 8.18. The molecule has 0 unspecified atom stereocenters. The van der Waals surface area contributed by atoms with Crippen LogP contribution >= 0.6 is 11.8 Å². The van der Waals surface area contributed by atoms with Gasteiger partial charge in [-0.05, 0) is 36.2 Å². The van der Waals surface area contributed by atoms with Crippen LogP contribution in [0.4, 0.5) is 4.79 Å². The van der Waals surface area contributed by atoms with Crippen LogP contribution in [0, 0.1) is 0 Å². The van der Waals surface area contributed by atoms with Gasteiger partial charge in [-0.25, -0.2) is 0 Å². The highest BCUT2D eigenvalue weighted by Crippen LogP contribution is 2.29. The molecule has 1 aromatic carbocycles. The number of pyridine rings is 1. The number of hydrogen-bond donors (Lipinski definition) is 2. The van der Waals surface area contributed by atoms with Crippen molar-refractivity contribution >= 4 is 45.9 Å². The maximum Gasteiger partial charge on any atom is 0.290 e. The summed E-state index contributed by atoms with van der Waals surface area (Å²) in [6, 6.07) is 11.8. The third kappa shape index (κ3) is 4.38. The summed E-state index contributed by atoms with van der Waals surface area (Å²) < 4.78 is 5.76. The lowest BCUT2D eigenvalue weighted by atomic mass is 10.1. The molecule has 29 heavy (non-hydrogen) atoms. The monoisotopic (exact) mass is 407 g/mol. The van der Waals surface area contributed by atoms with Crippen molar-refractivity contribution in [1.82, 2.24) is 15.6 Å². The number of nitrogens with zero attached hydrogens (tertiary/aromatic N) is 1. The molecule has 4 rings (SSSR count). The van der Waals surface area contributed by atoms with Crippen LogP contribution in [0.3, 0.4) is 0 Å². The number of hydrogen-bond acceptors (Lipinski definition) is 6. The molecular weight excluding hydrogens is 390 g/mol. The first-order valence-corrected chi connectivity index (χ1v) is 9.86. The largest absolute Gasteiger partial charge is 0.456 e. The van der Waals surface area contributed by atoms with Crippen LogP contribution in [0.25, 0.3) is 17.0 Å². The highest BCUT2D eigenvalue weighted by atomic mass is 32.2. The fraction of sp³-hybridized carbons (Fsp3) is 0.143. The summed E-state index contributed by atoms with van der Waals surface area (Å²) in [7, 11) is 0. The Morgan fingerprint density at radius 1 is 1.21 bits per heavy atom. The average molecular weight is 407 g/mol.